The van der Waals surface area contributed by atoms with Crippen LogP contribution in [0.1, 0.15) is 85.0 Å². The second-order valence-electron chi connectivity index (χ2n) is 5.50. The van der Waals surface area contributed by atoms with Crippen LogP contribution in [-0.2, 0) is 9.59 Å². The number of carbonyl (C=O) groups is 2. The summed E-state index contributed by atoms with van der Waals surface area (Å²) in [7, 11) is 0. The van der Waals surface area contributed by atoms with E-state index < -0.39 is 18.0 Å². The van der Waals surface area contributed by atoms with Gasteiger partial charge in [-0.2, -0.15) is 0 Å². The summed E-state index contributed by atoms with van der Waals surface area (Å²) in [5.41, 5.74) is 0. The molecule has 24 heavy (non-hydrogen) atoms. The zero-order chi connectivity index (χ0) is 18.5. The van der Waals surface area contributed by atoms with Crippen molar-refractivity contribution >= 4 is 11.9 Å². The first-order chi connectivity index (χ1) is 10.8. The van der Waals surface area contributed by atoms with Crippen molar-refractivity contribution in [1.29, 1.82) is 0 Å². The van der Waals surface area contributed by atoms with Crippen molar-refractivity contribution in [3.63, 3.8) is 0 Å². The van der Waals surface area contributed by atoms with Gasteiger partial charge in [0.05, 0.1) is 12.7 Å². The van der Waals surface area contributed by atoms with Crippen LogP contribution in [0.5, 0.6) is 0 Å². The predicted molar refractivity (Wildman–Crippen MR) is 88.9 cm³/mol. The van der Waals surface area contributed by atoms with Crippen LogP contribution < -0.4 is 56.5 Å². The summed E-state index contributed by atoms with van der Waals surface area (Å²) in [4.78, 5) is 19.1. The van der Waals surface area contributed by atoms with Crippen molar-refractivity contribution in [1.82, 2.24) is 0 Å². The Morgan fingerprint density at radius 3 is 1.50 bits per heavy atom. The molecule has 0 amide bonds. The summed E-state index contributed by atoms with van der Waals surface area (Å²) in [6, 6.07) is 0. The number of carbonyl (C=O) groups excluding carboxylic acids is 1. The van der Waals surface area contributed by atoms with Gasteiger partial charge in [-0.05, 0) is 20.3 Å². The quantitative estimate of drug-likeness (QED) is 0.319. The smallest absolute Gasteiger partial charge is 0.550 e. The van der Waals surface area contributed by atoms with Gasteiger partial charge in [0.1, 0.15) is 0 Å². The zero-order valence-electron chi connectivity index (χ0n) is 15.9. The summed E-state index contributed by atoms with van der Waals surface area (Å²) in [6.45, 7) is 4.59. The SMILES string of the molecule is CC(=O)[O-].CC(O)CO.CCCCCCCCCCCC(=O)O.[K+]. The fourth-order valence-electron chi connectivity index (χ4n) is 1.59. The molecule has 1 atom stereocenters. The standard InChI is InChI=1S/C12H24O2.C3H8O2.C2H4O2.K/c1-2-3-4-5-6-7-8-9-10-11-12(13)14;1-3(5)2-4;1-2(3)4;/h2-11H2,1H3,(H,13,14);3-5H,2H2,1H3;1H3,(H,3,4);/q;;;+1/p-1. The molecule has 0 heterocycles. The number of hydrogen-bond donors (Lipinski definition) is 3. The number of aliphatic carboxylic acids is 2. The molecule has 0 aromatic carbocycles. The molecule has 140 valence electrons. The first kappa shape index (κ1) is 32.2. The van der Waals surface area contributed by atoms with Crippen LogP contribution in [-0.4, -0.2) is 40.0 Å². The van der Waals surface area contributed by atoms with Crippen molar-refractivity contribution < 1.29 is 81.4 Å². The van der Waals surface area contributed by atoms with E-state index in [1.165, 1.54) is 51.9 Å². The van der Waals surface area contributed by atoms with Crippen LogP contribution in [0.2, 0.25) is 0 Å². The summed E-state index contributed by atoms with van der Waals surface area (Å²) in [5.74, 6) is -1.74. The Morgan fingerprint density at radius 2 is 1.25 bits per heavy atom. The van der Waals surface area contributed by atoms with E-state index in [0.717, 1.165) is 19.8 Å². The van der Waals surface area contributed by atoms with E-state index in [1.807, 2.05) is 0 Å². The Kier molecular flexibility index (Phi) is 38.0. The predicted octanol–water partition coefficient (Wildman–Crippen LogP) is -0.888. The molecule has 0 aliphatic rings. The molecule has 0 fully saturated rings. The molecular weight excluding hydrogens is 339 g/mol. The Balaban J connectivity index is -0.000000166. The average Bonchev–Trinajstić information content (AvgIpc) is 2.45. The molecule has 0 aliphatic carbocycles. The van der Waals surface area contributed by atoms with Gasteiger partial charge in [0.15, 0.2) is 0 Å². The third-order valence-corrected chi connectivity index (χ3v) is 2.76. The van der Waals surface area contributed by atoms with Gasteiger partial charge in [-0.3, -0.25) is 4.79 Å². The van der Waals surface area contributed by atoms with Crippen molar-refractivity contribution in [2.75, 3.05) is 6.61 Å². The first-order valence-corrected chi connectivity index (χ1v) is 8.46. The van der Waals surface area contributed by atoms with Crippen LogP contribution in [0.4, 0.5) is 0 Å². The van der Waals surface area contributed by atoms with Crippen LogP contribution in [0.15, 0.2) is 0 Å². The number of hydrogen-bond acceptors (Lipinski definition) is 5. The van der Waals surface area contributed by atoms with Crippen molar-refractivity contribution in [2.45, 2.75) is 91.1 Å². The second kappa shape index (κ2) is 28.3. The summed E-state index contributed by atoms with van der Waals surface area (Å²) >= 11 is 0. The van der Waals surface area contributed by atoms with Gasteiger partial charge in [-0.25, -0.2) is 0 Å². The van der Waals surface area contributed by atoms with Gasteiger partial charge in [0, 0.05) is 12.4 Å². The van der Waals surface area contributed by atoms with Gasteiger partial charge in [-0.15, -0.1) is 0 Å². The topological polar surface area (TPSA) is 118 Å². The van der Waals surface area contributed by atoms with E-state index in [1.54, 1.807) is 0 Å². The van der Waals surface area contributed by atoms with E-state index in [4.69, 9.17) is 25.2 Å². The van der Waals surface area contributed by atoms with Crippen molar-refractivity contribution in [3.8, 4) is 0 Å². The molecule has 0 bridgehead atoms. The number of aliphatic hydroxyl groups excluding tert-OH is 2. The largest absolute Gasteiger partial charge is 1.00 e. The molecule has 0 aromatic heterocycles. The zero-order valence-corrected chi connectivity index (χ0v) is 19.0. The van der Waals surface area contributed by atoms with Gasteiger partial charge in [0.25, 0.3) is 0 Å². The Hall–Kier alpha value is 0.496. The summed E-state index contributed by atoms with van der Waals surface area (Å²) in [5, 5.41) is 33.3. The number of rotatable bonds is 11. The molecule has 0 spiro atoms. The second-order valence-corrected chi connectivity index (χ2v) is 5.50. The Labute approximate surface area is 189 Å². The van der Waals surface area contributed by atoms with E-state index in [9.17, 15) is 4.79 Å². The molecule has 7 heteroatoms. The molecule has 0 radical (unpaired) electrons. The van der Waals surface area contributed by atoms with Gasteiger partial charge < -0.3 is 25.2 Å². The van der Waals surface area contributed by atoms with E-state index in [-0.39, 0.29) is 58.0 Å². The van der Waals surface area contributed by atoms with Crippen LogP contribution in [0, 0.1) is 0 Å². The van der Waals surface area contributed by atoms with E-state index >= 15 is 0 Å². The van der Waals surface area contributed by atoms with Crippen LogP contribution in [0.25, 0.3) is 0 Å². The number of carboxylic acid groups (broad SMARTS) is 2. The minimum Gasteiger partial charge on any atom is -0.550 e. The normalized spacial score (nSPS) is 10.2. The summed E-state index contributed by atoms with van der Waals surface area (Å²) < 4.78 is 0. The third-order valence-electron chi connectivity index (χ3n) is 2.76. The van der Waals surface area contributed by atoms with Gasteiger partial charge in [0.2, 0.25) is 0 Å². The minimum absolute atomic E-state index is 0. The summed E-state index contributed by atoms with van der Waals surface area (Å²) in [6.07, 6.45) is 10.9. The van der Waals surface area contributed by atoms with E-state index in [2.05, 4.69) is 6.92 Å². The maximum absolute atomic E-state index is 10.2. The molecule has 0 aromatic rings. The minimum atomic E-state index is -1.08. The molecule has 0 rings (SSSR count). The molecule has 0 saturated heterocycles. The maximum Gasteiger partial charge on any atom is 1.00 e. The number of unbranched alkanes of at least 4 members (excludes halogenated alkanes) is 8. The number of carboxylic acids is 2. The number of aliphatic hydroxyl groups is 2. The van der Waals surface area contributed by atoms with Gasteiger partial charge >= 0.3 is 57.4 Å². The maximum atomic E-state index is 10.2. The van der Waals surface area contributed by atoms with Crippen LogP contribution >= 0.6 is 0 Å². The van der Waals surface area contributed by atoms with Crippen molar-refractivity contribution in [3.05, 3.63) is 0 Å². The fraction of sp³-hybridized carbons (Fsp3) is 0.882. The molecule has 0 aliphatic heterocycles. The molecule has 3 N–H and O–H groups in total. The average molecular weight is 375 g/mol. The first-order valence-electron chi connectivity index (χ1n) is 8.46. The van der Waals surface area contributed by atoms with Crippen LogP contribution in [0.3, 0.4) is 0 Å². The molecular formula is C17H35KO6. The van der Waals surface area contributed by atoms with Crippen molar-refractivity contribution in [2.24, 2.45) is 0 Å². The molecule has 0 saturated carbocycles. The Morgan fingerprint density at radius 1 is 0.958 bits per heavy atom. The molecule has 1 unspecified atom stereocenters. The fourth-order valence-corrected chi connectivity index (χ4v) is 1.59. The Bertz CT molecular complexity index is 255. The van der Waals surface area contributed by atoms with Gasteiger partial charge in [-0.1, -0.05) is 58.3 Å². The van der Waals surface area contributed by atoms with E-state index in [0.29, 0.717) is 6.42 Å². The molecule has 6 nitrogen and oxygen atoms in total. The monoisotopic (exact) mass is 374 g/mol. The third kappa shape index (κ3) is 57.1.